The molecule has 1 fully saturated rings. The molecule has 0 unspecified atom stereocenters. The lowest BCUT2D eigenvalue weighted by Gasteiger charge is -2.02. The highest BCUT2D eigenvalue weighted by Gasteiger charge is 2.34. The Labute approximate surface area is 123 Å². The van der Waals surface area contributed by atoms with Crippen molar-refractivity contribution >= 4 is 16.5 Å². The van der Waals surface area contributed by atoms with Crippen LogP contribution in [-0.4, -0.2) is 26.0 Å². The fraction of sp³-hybridized carbons (Fsp3) is 0.583. The molecule has 1 aliphatic carbocycles. The van der Waals surface area contributed by atoms with Crippen molar-refractivity contribution in [2.24, 2.45) is 0 Å². The van der Waals surface area contributed by atoms with Gasteiger partial charge in [-0.3, -0.25) is 4.68 Å². The molecule has 0 atom stereocenters. The number of hydrogen-bond donors (Lipinski definition) is 1. The summed E-state index contributed by atoms with van der Waals surface area (Å²) in [5.41, 5.74) is -0.364. The van der Waals surface area contributed by atoms with Crippen molar-refractivity contribution < 1.29 is 13.2 Å². The van der Waals surface area contributed by atoms with E-state index < -0.39 is 11.9 Å². The molecule has 114 valence electrons. The smallest absolute Gasteiger partial charge is 0.357 e. The van der Waals surface area contributed by atoms with E-state index in [0.717, 1.165) is 29.0 Å². The van der Waals surface area contributed by atoms with Crippen molar-refractivity contribution in [3.8, 4) is 0 Å². The minimum absolute atomic E-state index is 0.361. The van der Waals surface area contributed by atoms with Gasteiger partial charge in [0.05, 0.1) is 0 Å². The molecule has 2 heterocycles. The van der Waals surface area contributed by atoms with Crippen LogP contribution in [0.1, 0.15) is 29.2 Å². The topological polar surface area (TPSA) is 55.6 Å². The van der Waals surface area contributed by atoms with Crippen LogP contribution in [-0.2, 0) is 19.1 Å². The summed E-state index contributed by atoms with van der Waals surface area (Å²) in [6, 6.07) is 1.56. The maximum absolute atomic E-state index is 12.6. The molecule has 1 N–H and O–H groups in total. The average molecular weight is 317 g/mol. The van der Waals surface area contributed by atoms with Gasteiger partial charge in [-0.1, -0.05) is 11.3 Å². The van der Waals surface area contributed by atoms with E-state index in [9.17, 15) is 13.2 Å². The third-order valence-corrected chi connectivity index (χ3v) is 4.10. The Morgan fingerprint density at radius 3 is 2.76 bits per heavy atom. The highest BCUT2D eigenvalue weighted by molar-refractivity contribution is 7.15. The second kappa shape index (κ2) is 5.28. The highest BCUT2D eigenvalue weighted by Crippen LogP contribution is 2.29. The van der Waals surface area contributed by atoms with Crippen LogP contribution in [0.3, 0.4) is 0 Å². The van der Waals surface area contributed by atoms with E-state index in [1.807, 2.05) is 0 Å². The van der Waals surface area contributed by atoms with Crippen LogP contribution in [0.25, 0.3) is 0 Å². The van der Waals surface area contributed by atoms with Gasteiger partial charge < -0.3 is 5.32 Å². The second-order valence-electron chi connectivity index (χ2n) is 5.06. The largest absolute Gasteiger partial charge is 0.435 e. The zero-order valence-corrected chi connectivity index (χ0v) is 12.1. The number of halogens is 3. The van der Waals surface area contributed by atoms with Gasteiger partial charge in [-0.15, -0.1) is 10.2 Å². The van der Waals surface area contributed by atoms with E-state index in [0.29, 0.717) is 24.7 Å². The molecule has 21 heavy (non-hydrogen) atoms. The highest BCUT2D eigenvalue weighted by atomic mass is 32.1. The third kappa shape index (κ3) is 3.52. The lowest BCUT2D eigenvalue weighted by Crippen LogP contribution is -2.09. The van der Waals surface area contributed by atoms with Crippen molar-refractivity contribution in [3.05, 3.63) is 22.5 Å². The SMILES string of the molecule is Cc1cc(C(F)(F)F)nn1CCc1nnc(NC2CC2)s1. The van der Waals surface area contributed by atoms with Crippen LogP contribution >= 0.6 is 11.3 Å². The summed E-state index contributed by atoms with van der Waals surface area (Å²) in [5.74, 6) is 0. The van der Waals surface area contributed by atoms with Crippen molar-refractivity contribution in [2.75, 3.05) is 5.32 Å². The lowest BCUT2D eigenvalue weighted by atomic mass is 10.3. The Hall–Kier alpha value is -1.64. The Balaban J connectivity index is 1.61. The second-order valence-corrected chi connectivity index (χ2v) is 6.12. The minimum atomic E-state index is -4.40. The lowest BCUT2D eigenvalue weighted by molar-refractivity contribution is -0.141. The van der Waals surface area contributed by atoms with Gasteiger partial charge in [0.15, 0.2) is 5.69 Å². The molecule has 0 saturated heterocycles. The zero-order valence-electron chi connectivity index (χ0n) is 11.3. The van der Waals surface area contributed by atoms with Crippen LogP contribution in [0.2, 0.25) is 0 Å². The summed E-state index contributed by atoms with van der Waals surface area (Å²) in [5, 5.41) is 16.5. The molecular weight excluding hydrogens is 303 g/mol. The van der Waals surface area contributed by atoms with Gasteiger partial charge in [0.1, 0.15) is 5.01 Å². The first kappa shape index (κ1) is 14.3. The fourth-order valence-corrected chi connectivity index (χ4v) is 2.70. The molecular formula is C12H14F3N5S. The Morgan fingerprint density at radius 2 is 2.14 bits per heavy atom. The molecule has 3 rings (SSSR count). The van der Waals surface area contributed by atoms with Crippen LogP contribution in [0.4, 0.5) is 18.3 Å². The van der Waals surface area contributed by atoms with E-state index in [-0.39, 0.29) is 0 Å². The van der Waals surface area contributed by atoms with E-state index in [1.54, 1.807) is 6.92 Å². The van der Waals surface area contributed by atoms with E-state index >= 15 is 0 Å². The van der Waals surface area contributed by atoms with E-state index in [1.165, 1.54) is 16.0 Å². The standard InChI is InChI=1S/C12H14F3N5S/c1-7-6-9(12(13,14)15)19-20(7)5-4-10-17-18-11(21-10)16-8-2-3-8/h6,8H,2-5H2,1H3,(H,16,18). The van der Waals surface area contributed by atoms with E-state index in [4.69, 9.17) is 0 Å². The first-order chi connectivity index (χ1) is 9.91. The molecule has 0 spiro atoms. The number of alkyl halides is 3. The van der Waals surface area contributed by atoms with Crippen molar-refractivity contribution in [2.45, 2.75) is 44.9 Å². The van der Waals surface area contributed by atoms with Crippen molar-refractivity contribution in [1.82, 2.24) is 20.0 Å². The molecule has 2 aromatic heterocycles. The molecule has 0 aromatic carbocycles. The summed E-state index contributed by atoms with van der Waals surface area (Å²) in [6.07, 6.45) is -1.58. The Bertz CT molecular complexity index is 629. The number of rotatable bonds is 5. The normalized spacial score (nSPS) is 15.4. The molecule has 0 radical (unpaired) electrons. The van der Waals surface area contributed by atoms with Gasteiger partial charge in [0.2, 0.25) is 5.13 Å². The van der Waals surface area contributed by atoms with Gasteiger partial charge in [-0.05, 0) is 25.8 Å². The Kier molecular flexibility index (Phi) is 3.60. The average Bonchev–Trinajstić information content (AvgIpc) is 2.94. The molecule has 2 aromatic rings. The van der Waals surface area contributed by atoms with Gasteiger partial charge in [0.25, 0.3) is 0 Å². The summed E-state index contributed by atoms with van der Waals surface area (Å²) in [4.78, 5) is 0. The number of nitrogens with zero attached hydrogens (tertiary/aromatic N) is 4. The maximum Gasteiger partial charge on any atom is 0.435 e. The maximum atomic E-state index is 12.6. The zero-order chi connectivity index (χ0) is 15.0. The molecule has 0 amide bonds. The predicted molar refractivity (Wildman–Crippen MR) is 72.2 cm³/mol. The number of anilines is 1. The monoisotopic (exact) mass is 317 g/mol. The Morgan fingerprint density at radius 1 is 1.38 bits per heavy atom. The van der Waals surface area contributed by atoms with E-state index in [2.05, 4.69) is 20.6 Å². The third-order valence-electron chi connectivity index (χ3n) is 3.18. The number of aryl methyl sites for hydroxylation is 3. The summed E-state index contributed by atoms with van der Waals surface area (Å²) >= 11 is 1.44. The fourth-order valence-electron chi connectivity index (χ4n) is 1.89. The van der Waals surface area contributed by atoms with Crippen LogP contribution < -0.4 is 5.32 Å². The van der Waals surface area contributed by atoms with Gasteiger partial charge >= 0.3 is 6.18 Å². The molecule has 9 heteroatoms. The van der Waals surface area contributed by atoms with Crippen molar-refractivity contribution in [3.63, 3.8) is 0 Å². The molecule has 1 saturated carbocycles. The molecule has 0 bridgehead atoms. The molecule has 0 aliphatic heterocycles. The number of nitrogens with one attached hydrogen (secondary N) is 1. The summed E-state index contributed by atoms with van der Waals surface area (Å²) in [7, 11) is 0. The van der Waals surface area contributed by atoms with Crippen molar-refractivity contribution in [1.29, 1.82) is 0 Å². The van der Waals surface area contributed by atoms with Crippen LogP contribution in [0, 0.1) is 6.92 Å². The first-order valence-corrected chi connectivity index (χ1v) is 7.44. The first-order valence-electron chi connectivity index (χ1n) is 6.62. The molecule has 1 aliphatic rings. The van der Waals surface area contributed by atoms with Gasteiger partial charge in [-0.2, -0.15) is 18.3 Å². The number of hydrogen-bond acceptors (Lipinski definition) is 5. The van der Waals surface area contributed by atoms with Gasteiger partial charge in [-0.25, -0.2) is 0 Å². The predicted octanol–water partition coefficient (Wildman–Crippen LogP) is 2.88. The van der Waals surface area contributed by atoms with Gasteiger partial charge in [0, 0.05) is 24.7 Å². The number of aromatic nitrogens is 4. The van der Waals surface area contributed by atoms with Crippen LogP contribution in [0.15, 0.2) is 6.07 Å². The quantitative estimate of drug-likeness (QED) is 0.921. The van der Waals surface area contributed by atoms with Crippen LogP contribution in [0.5, 0.6) is 0 Å². The molecule has 5 nitrogen and oxygen atoms in total. The summed E-state index contributed by atoms with van der Waals surface area (Å²) < 4.78 is 39.1. The minimum Gasteiger partial charge on any atom is -0.357 e. The summed E-state index contributed by atoms with van der Waals surface area (Å²) in [6.45, 7) is 1.97.